The summed E-state index contributed by atoms with van der Waals surface area (Å²) < 4.78 is 0. The zero-order chi connectivity index (χ0) is 16.5. The van der Waals surface area contributed by atoms with Crippen LogP contribution in [-0.4, -0.2) is 26.4 Å². The highest BCUT2D eigenvalue weighted by molar-refractivity contribution is 5.25. The van der Waals surface area contributed by atoms with Gasteiger partial charge >= 0.3 is 0 Å². The van der Waals surface area contributed by atoms with Crippen LogP contribution in [0.1, 0.15) is 72.1 Å². The van der Waals surface area contributed by atoms with Crippen molar-refractivity contribution in [1.29, 1.82) is 0 Å². The number of hydrogen-bond acceptors (Lipinski definition) is 3. The van der Waals surface area contributed by atoms with Crippen LogP contribution >= 0.6 is 0 Å². The second kappa shape index (κ2) is 6.67. The van der Waals surface area contributed by atoms with Crippen molar-refractivity contribution in [2.24, 2.45) is 0 Å². The highest BCUT2D eigenvalue weighted by atomic mass is 15.1. The molecule has 2 aromatic rings. The Bertz CT molecular complexity index is 712. The summed E-state index contributed by atoms with van der Waals surface area (Å²) in [6.07, 6.45) is 9.77. The monoisotopic (exact) mass is 324 g/mol. The van der Waals surface area contributed by atoms with E-state index in [0.29, 0.717) is 5.92 Å². The van der Waals surface area contributed by atoms with Crippen LogP contribution in [0.25, 0.3) is 0 Å². The van der Waals surface area contributed by atoms with E-state index in [1.54, 1.807) is 0 Å². The number of rotatable bonds is 3. The number of hydrogen-bond donors (Lipinski definition) is 1. The van der Waals surface area contributed by atoms with E-state index in [9.17, 15) is 0 Å². The Kier molecular flexibility index (Phi) is 4.40. The highest BCUT2D eigenvalue weighted by Gasteiger charge is 2.23. The van der Waals surface area contributed by atoms with Crippen LogP contribution in [0.5, 0.6) is 0 Å². The molecule has 2 aliphatic rings. The van der Waals surface area contributed by atoms with Crippen LogP contribution in [-0.2, 0) is 19.5 Å². The van der Waals surface area contributed by atoms with Gasteiger partial charge in [0.15, 0.2) is 0 Å². The van der Waals surface area contributed by atoms with Crippen molar-refractivity contribution in [2.45, 2.75) is 71.4 Å². The fourth-order valence-electron chi connectivity index (χ4n) is 4.25. The number of aromatic amines is 1. The van der Waals surface area contributed by atoms with Gasteiger partial charge < -0.3 is 4.98 Å². The van der Waals surface area contributed by atoms with Crippen LogP contribution in [0, 0.1) is 13.8 Å². The fourth-order valence-corrected chi connectivity index (χ4v) is 4.25. The Morgan fingerprint density at radius 3 is 2.79 bits per heavy atom. The molecular formula is C20H28N4. The van der Waals surface area contributed by atoms with E-state index in [1.807, 2.05) is 0 Å². The van der Waals surface area contributed by atoms with E-state index >= 15 is 0 Å². The molecule has 4 rings (SSSR count). The van der Waals surface area contributed by atoms with Gasteiger partial charge in [0, 0.05) is 60.8 Å². The third kappa shape index (κ3) is 3.25. The number of aromatic nitrogens is 3. The van der Waals surface area contributed by atoms with Crippen molar-refractivity contribution in [3.05, 3.63) is 46.3 Å². The largest absolute Gasteiger partial charge is 0.361 e. The van der Waals surface area contributed by atoms with Crippen molar-refractivity contribution in [3.63, 3.8) is 0 Å². The third-order valence-corrected chi connectivity index (χ3v) is 5.64. The van der Waals surface area contributed by atoms with Gasteiger partial charge in [0.1, 0.15) is 5.82 Å². The number of H-pyrrole nitrogens is 1. The molecule has 1 saturated carbocycles. The molecule has 0 radical (unpaired) electrons. The summed E-state index contributed by atoms with van der Waals surface area (Å²) in [5.74, 6) is 1.71. The SMILES string of the molecule is Cc1cc(C)c(CN2CCc3nc(C4CCCCC4)ncc3C2)[nH]1. The average Bonchev–Trinajstić information content (AvgIpc) is 2.92. The van der Waals surface area contributed by atoms with E-state index < -0.39 is 0 Å². The zero-order valence-electron chi connectivity index (χ0n) is 14.9. The van der Waals surface area contributed by atoms with Crippen molar-refractivity contribution in [3.8, 4) is 0 Å². The van der Waals surface area contributed by atoms with Crippen LogP contribution in [0.3, 0.4) is 0 Å². The summed E-state index contributed by atoms with van der Waals surface area (Å²) >= 11 is 0. The molecule has 24 heavy (non-hydrogen) atoms. The van der Waals surface area contributed by atoms with Crippen LogP contribution in [0.4, 0.5) is 0 Å². The number of nitrogens with zero attached hydrogens (tertiary/aromatic N) is 3. The molecule has 4 nitrogen and oxygen atoms in total. The summed E-state index contributed by atoms with van der Waals surface area (Å²) in [5.41, 5.74) is 6.57. The predicted octanol–water partition coefficient (Wildman–Crippen LogP) is 4.03. The van der Waals surface area contributed by atoms with Gasteiger partial charge in [-0.1, -0.05) is 19.3 Å². The first-order chi connectivity index (χ1) is 11.7. The maximum absolute atomic E-state index is 4.95. The molecule has 3 heterocycles. The van der Waals surface area contributed by atoms with Gasteiger partial charge in [-0.3, -0.25) is 4.90 Å². The minimum absolute atomic E-state index is 0.603. The summed E-state index contributed by atoms with van der Waals surface area (Å²) in [6, 6.07) is 2.23. The minimum Gasteiger partial charge on any atom is -0.361 e. The lowest BCUT2D eigenvalue weighted by atomic mass is 9.88. The molecule has 4 heteroatoms. The standard InChI is InChI=1S/C20H28N4/c1-14-10-15(2)22-19(14)13-24-9-8-18-17(12-24)11-21-20(23-18)16-6-4-3-5-7-16/h10-11,16,22H,3-9,12-13H2,1-2H3. The first kappa shape index (κ1) is 15.8. The number of fused-ring (bicyclic) bond motifs is 1. The van der Waals surface area contributed by atoms with Crippen LogP contribution < -0.4 is 0 Å². The van der Waals surface area contributed by atoms with Gasteiger partial charge in [0.25, 0.3) is 0 Å². The van der Waals surface area contributed by atoms with Crippen molar-refractivity contribution < 1.29 is 0 Å². The molecule has 1 N–H and O–H groups in total. The van der Waals surface area contributed by atoms with Gasteiger partial charge in [-0.05, 0) is 38.3 Å². The molecule has 0 spiro atoms. The first-order valence-corrected chi connectivity index (χ1v) is 9.41. The summed E-state index contributed by atoms with van der Waals surface area (Å²) in [6.45, 7) is 7.37. The Balaban J connectivity index is 1.46. The Morgan fingerprint density at radius 2 is 2.04 bits per heavy atom. The Hall–Kier alpha value is -1.68. The molecule has 0 aromatic carbocycles. The normalized spacial score (nSPS) is 19.4. The van der Waals surface area contributed by atoms with Crippen LogP contribution in [0.15, 0.2) is 12.3 Å². The van der Waals surface area contributed by atoms with E-state index in [0.717, 1.165) is 31.9 Å². The second-order valence-electron chi connectivity index (χ2n) is 7.61. The quantitative estimate of drug-likeness (QED) is 0.927. The molecule has 1 aliphatic carbocycles. The molecule has 1 fully saturated rings. The van der Waals surface area contributed by atoms with Crippen molar-refractivity contribution >= 4 is 0 Å². The molecule has 1 aliphatic heterocycles. The zero-order valence-corrected chi connectivity index (χ0v) is 14.9. The lowest BCUT2D eigenvalue weighted by Gasteiger charge is -2.29. The molecule has 128 valence electrons. The van der Waals surface area contributed by atoms with Gasteiger partial charge in [0.2, 0.25) is 0 Å². The maximum atomic E-state index is 4.95. The lowest BCUT2D eigenvalue weighted by molar-refractivity contribution is 0.239. The molecular weight excluding hydrogens is 296 g/mol. The van der Waals surface area contributed by atoms with Crippen molar-refractivity contribution in [2.75, 3.05) is 6.54 Å². The Labute approximate surface area is 144 Å². The average molecular weight is 324 g/mol. The van der Waals surface area contributed by atoms with Gasteiger partial charge in [0.05, 0.1) is 0 Å². The molecule has 0 amide bonds. The van der Waals surface area contributed by atoms with E-state index in [4.69, 9.17) is 9.97 Å². The lowest BCUT2D eigenvalue weighted by Crippen LogP contribution is -2.31. The second-order valence-corrected chi connectivity index (χ2v) is 7.61. The summed E-state index contributed by atoms with van der Waals surface area (Å²) in [5, 5.41) is 0. The first-order valence-electron chi connectivity index (χ1n) is 9.41. The van der Waals surface area contributed by atoms with Crippen molar-refractivity contribution in [1.82, 2.24) is 19.9 Å². The fraction of sp³-hybridized carbons (Fsp3) is 0.600. The smallest absolute Gasteiger partial charge is 0.131 e. The predicted molar refractivity (Wildman–Crippen MR) is 95.9 cm³/mol. The van der Waals surface area contributed by atoms with Gasteiger partial charge in [-0.2, -0.15) is 0 Å². The maximum Gasteiger partial charge on any atom is 0.131 e. The van der Waals surface area contributed by atoms with Gasteiger partial charge in [-0.25, -0.2) is 9.97 Å². The molecule has 0 atom stereocenters. The topological polar surface area (TPSA) is 44.8 Å². The summed E-state index contributed by atoms with van der Waals surface area (Å²) in [4.78, 5) is 15.7. The molecule has 0 unspecified atom stereocenters. The van der Waals surface area contributed by atoms with E-state index in [-0.39, 0.29) is 0 Å². The number of aryl methyl sites for hydroxylation is 2. The van der Waals surface area contributed by atoms with E-state index in [2.05, 4.69) is 36.0 Å². The molecule has 0 saturated heterocycles. The Morgan fingerprint density at radius 1 is 1.21 bits per heavy atom. The third-order valence-electron chi connectivity index (χ3n) is 5.64. The minimum atomic E-state index is 0.603. The highest BCUT2D eigenvalue weighted by Crippen LogP contribution is 2.31. The molecule has 2 aromatic heterocycles. The van der Waals surface area contributed by atoms with Crippen LogP contribution in [0.2, 0.25) is 0 Å². The van der Waals surface area contributed by atoms with Gasteiger partial charge in [-0.15, -0.1) is 0 Å². The summed E-state index contributed by atoms with van der Waals surface area (Å²) in [7, 11) is 0. The molecule has 0 bridgehead atoms. The number of nitrogens with one attached hydrogen (secondary N) is 1. The van der Waals surface area contributed by atoms with E-state index in [1.165, 1.54) is 60.3 Å².